The Morgan fingerprint density at radius 1 is 1.27 bits per heavy atom. The first-order valence-corrected chi connectivity index (χ1v) is 11.0. The summed E-state index contributed by atoms with van der Waals surface area (Å²) < 4.78 is 5.49. The van der Waals surface area contributed by atoms with E-state index in [-0.39, 0.29) is 16.7 Å². The fourth-order valence-corrected chi connectivity index (χ4v) is 3.96. The minimum atomic E-state index is -0.459. The van der Waals surface area contributed by atoms with Gasteiger partial charge in [-0.3, -0.25) is 10.1 Å². The molecule has 7 nitrogen and oxygen atoms in total. The second-order valence-electron chi connectivity index (χ2n) is 9.38. The lowest BCUT2D eigenvalue weighted by Gasteiger charge is -2.37. The first-order valence-electron chi connectivity index (χ1n) is 11.0. The zero-order valence-corrected chi connectivity index (χ0v) is 19.1. The van der Waals surface area contributed by atoms with Gasteiger partial charge >= 0.3 is 6.09 Å². The van der Waals surface area contributed by atoms with Crippen LogP contribution in [0.4, 0.5) is 10.5 Å². The number of piperidine rings is 1. The molecule has 0 bridgehead atoms. The van der Waals surface area contributed by atoms with E-state index in [4.69, 9.17) is 4.74 Å². The summed E-state index contributed by atoms with van der Waals surface area (Å²) in [6.07, 6.45) is 3.72. The van der Waals surface area contributed by atoms with Gasteiger partial charge in [0.2, 0.25) is 0 Å². The Bertz CT molecular complexity index is 691. The fraction of sp³-hybridized carbons (Fsp3) is 0.696. The van der Waals surface area contributed by atoms with E-state index in [2.05, 4.69) is 18.7 Å². The molecule has 0 spiro atoms. The van der Waals surface area contributed by atoms with Crippen molar-refractivity contribution in [1.29, 1.82) is 0 Å². The van der Waals surface area contributed by atoms with Crippen molar-refractivity contribution in [2.45, 2.75) is 71.9 Å². The van der Waals surface area contributed by atoms with Crippen LogP contribution in [0.3, 0.4) is 0 Å². The van der Waals surface area contributed by atoms with Crippen LogP contribution in [0.2, 0.25) is 0 Å². The molecule has 0 saturated carbocycles. The maximum absolute atomic E-state index is 12.3. The zero-order chi connectivity index (χ0) is 22.3. The lowest BCUT2D eigenvalue weighted by Crippen LogP contribution is -2.45. The SMILES string of the molecule is CCCN(CC1CCN(C(=O)OC(C)(C)C)CC1)C(C)Cc1ccc([N+](=O)[O-])cc1. The number of amides is 1. The number of nitrogens with zero attached hydrogens (tertiary/aromatic N) is 3. The summed E-state index contributed by atoms with van der Waals surface area (Å²) in [5.74, 6) is 0.564. The number of rotatable bonds is 8. The number of nitro groups is 1. The molecule has 1 fully saturated rings. The van der Waals surface area contributed by atoms with Gasteiger partial charge in [-0.25, -0.2) is 4.79 Å². The molecule has 168 valence electrons. The van der Waals surface area contributed by atoms with Crippen LogP contribution in [0.15, 0.2) is 24.3 Å². The van der Waals surface area contributed by atoms with E-state index in [1.807, 2.05) is 37.8 Å². The molecule has 7 heteroatoms. The van der Waals surface area contributed by atoms with Gasteiger partial charge in [-0.1, -0.05) is 19.1 Å². The molecular formula is C23H37N3O4. The molecule has 0 aromatic heterocycles. The van der Waals surface area contributed by atoms with E-state index in [9.17, 15) is 14.9 Å². The zero-order valence-electron chi connectivity index (χ0n) is 19.1. The van der Waals surface area contributed by atoms with Crippen LogP contribution in [-0.4, -0.2) is 58.6 Å². The topological polar surface area (TPSA) is 75.9 Å². The number of hydrogen-bond donors (Lipinski definition) is 0. The second-order valence-corrected chi connectivity index (χ2v) is 9.38. The lowest BCUT2D eigenvalue weighted by molar-refractivity contribution is -0.384. The molecule has 2 rings (SSSR count). The van der Waals surface area contributed by atoms with Gasteiger partial charge in [0.1, 0.15) is 5.60 Å². The summed E-state index contributed by atoms with van der Waals surface area (Å²) in [5, 5.41) is 10.8. The van der Waals surface area contributed by atoms with Gasteiger partial charge in [0.05, 0.1) is 4.92 Å². The molecule has 1 saturated heterocycles. The number of carbonyl (C=O) groups excluding carboxylic acids is 1. The first kappa shape index (κ1) is 24.1. The summed E-state index contributed by atoms with van der Waals surface area (Å²) in [6.45, 7) is 13.6. The Kier molecular flexibility index (Phi) is 8.65. The van der Waals surface area contributed by atoms with Gasteiger partial charge in [-0.2, -0.15) is 0 Å². The van der Waals surface area contributed by atoms with Crippen molar-refractivity contribution in [2.75, 3.05) is 26.2 Å². The van der Waals surface area contributed by atoms with Crippen LogP contribution in [0.1, 0.15) is 59.4 Å². The number of likely N-dealkylation sites (tertiary alicyclic amines) is 1. The van der Waals surface area contributed by atoms with Crippen LogP contribution in [-0.2, 0) is 11.2 Å². The summed E-state index contributed by atoms with van der Waals surface area (Å²) in [5.41, 5.74) is 0.793. The molecule has 1 unspecified atom stereocenters. The van der Waals surface area contributed by atoms with Gasteiger partial charge in [-0.15, -0.1) is 0 Å². The molecular weight excluding hydrogens is 382 g/mol. The predicted octanol–water partition coefficient (Wildman–Crippen LogP) is 4.88. The van der Waals surface area contributed by atoms with Crippen LogP contribution in [0.5, 0.6) is 0 Å². The minimum Gasteiger partial charge on any atom is -0.444 e. The third-order valence-corrected chi connectivity index (χ3v) is 5.57. The van der Waals surface area contributed by atoms with Crippen LogP contribution < -0.4 is 0 Å². The van der Waals surface area contributed by atoms with Crippen LogP contribution in [0.25, 0.3) is 0 Å². The number of carbonyl (C=O) groups is 1. The van der Waals surface area contributed by atoms with E-state index in [1.54, 1.807) is 12.1 Å². The third kappa shape index (κ3) is 7.59. The molecule has 1 heterocycles. The van der Waals surface area contributed by atoms with Gasteiger partial charge < -0.3 is 14.5 Å². The standard InChI is InChI=1S/C23H37N3O4/c1-6-13-25(18(2)16-19-7-9-21(10-8-19)26(28)29)17-20-11-14-24(15-12-20)22(27)30-23(3,4)5/h7-10,18,20H,6,11-17H2,1-5H3. The maximum atomic E-state index is 12.3. The van der Waals surface area contributed by atoms with E-state index in [1.165, 1.54) is 0 Å². The van der Waals surface area contributed by atoms with Crippen molar-refractivity contribution in [3.63, 3.8) is 0 Å². The number of hydrogen-bond acceptors (Lipinski definition) is 5. The normalized spacial score (nSPS) is 16.5. The Morgan fingerprint density at radius 3 is 2.37 bits per heavy atom. The molecule has 1 aromatic rings. The summed E-state index contributed by atoms with van der Waals surface area (Å²) in [6, 6.07) is 7.24. The molecule has 1 aliphatic heterocycles. The van der Waals surface area contributed by atoms with E-state index >= 15 is 0 Å². The minimum absolute atomic E-state index is 0.133. The largest absolute Gasteiger partial charge is 0.444 e. The Morgan fingerprint density at radius 2 is 1.87 bits per heavy atom. The monoisotopic (exact) mass is 419 g/mol. The van der Waals surface area contributed by atoms with Crippen molar-refractivity contribution < 1.29 is 14.5 Å². The molecule has 1 amide bonds. The molecule has 1 aliphatic rings. The van der Waals surface area contributed by atoms with Gasteiger partial charge in [0, 0.05) is 37.8 Å². The van der Waals surface area contributed by atoms with Crippen molar-refractivity contribution in [1.82, 2.24) is 9.80 Å². The van der Waals surface area contributed by atoms with Crippen molar-refractivity contribution >= 4 is 11.8 Å². The van der Waals surface area contributed by atoms with Crippen molar-refractivity contribution in [2.24, 2.45) is 5.92 Å². The van der Waals surface area contributed by atoms with E-state index in [0.29, 0.717) is 12.0 Å². The van der Waals surface area contributed by atoms with Crippen molar-refractivity contribution in [3.05, 3.63) is 39.9 Å². The van der Waals surface area contributed by atoms with Crippen molar-refractivity contribution in [3.8, 4) is 0 Å². The number of benzene rings is 1. The smallest absolute Gasteiger partial charge is 0.410 e. The van der Waals surface area contributed by atoms with Gasteiger partial charge in [0.15, 0.2) is 0 Å². The van der Waals surface area contributed by atoms with E-state index in [0.717, 1.165) is 57.4 Å². The molecule has 30 heavy (non-hydrogen) atoms. The number of nitro benzene ring substituents is 1. The average molecular weight is 420 g/mol. The Balaban J connectivity index is 1.87. The third-order valence-electron chi connectivity index (χ3n) is 5.57. The van der Waals surface area contributed by atoms with Gasteiger partial charge in [-0.05, 0) is 71.4 Å². The molecule has 1 atom stereocenters. The highest BCUT2D eigenvalue weighted by Gasteiger charge is 2.28. The molecule has 0 aliphatic carbocycles. The van der Waals surface area contributed by atoms with Crippen LogP contribution in [0, 0.1) is 16.0 Å². The lowest BCUT2D eigenvalue weighted by atomic mass is 9.95. The van der Waals surface area contributed by atoms with Gasteiger partial charge in [0.25, 0.3) is 5.69 Å². The summed E-state index contributed by atoms with van der Waals surface area (Å²) in [7, 11) is 0. The number of non-ortho nitro benzene ring substituents is 1. The Hall–Kier alpha value is -2.15. The highest BCUT2D eigenvalue weighted by atomic mass is 16.6. The predicted molar refractivity (Wildman–Crippen MR) is 119 cm³/mol. The van der Waals surface area contributed by atoms with Crippen LogP contribution >= 0.6 is 0 Å². The first-order chi connectivity index (χ1) is 14.1. The summed E-state index contributed by atoms with van der Waals surface area (Å²) in [4.78, 5) is 27.1. The fourth-order valence-electron chi connectivity index (χ4n) is 3.96. The summed E-state index contributed by atoms with van der Waals surface area (Å²) >= 11 is 0. The molecule has 0 N–H and O–H groups in total. The van der Waals surface area contributed by atoms with E-state index < -0.39 is 5.60 Å². The quantitative estimate of drug-likeness (QED) is 0.443. The Labute approximate surface area is 180 Å². The molecule has 0 radical (unpaired) electrons. The second kappa shape index (κ2) is 10.8. The maximum Gasteiger partial charge on any atom is 0.410 e. The highest BCUT2D eigenvalue weighted by Crippen LogP contribution is 2.23. The highest BCUT2D eigenvalue weighted by molar-refractivity contribution is 5.68. The number of ether oxygens (including phenoxy) is 1. The molecule has 1 aromatic carbocycles. The average Bonchev–Trinajstić information content (AvgIpc) is 2.67.